The van der Waals surface area contributed by atoms with Crippen LogP contribution in [0.1, 0.15) is 23.2 Å². The van der Waals surface area contributed by atoms with Crippen LogP contribution in [0.5, 0.6) is 0 Å². The molecule has 2 heterocycles. The molecule has 4 rings (SSSR count). The lowest BCUT2D eigenvalue weighted by Crippen LogP contribution is -2.59. The minimum Gasteiger partial charge on any atom is -0.322 e. The third-order valence-corrected chi connectivity index (χ3v) is 7.19. The van der Waals surface area contributed by atoms with Crippen molar-refractivity contribution in [2.75, 3.05) is 18.4 Å². The van der Waals surface area contributed by atoms with Crippen molar-refractivity contribution < 1.29 is 27.2 Å². The third kappa shape index (κ3) is 4.01. The second kappa shape index (κ2) is 7.75. The number of sulfonamides is 1. The van der Waals surface area contributed by atoms with E-state index < -0.39 is 39.2 Å². The number of anilines is 1. The smallest absolute Gasteiger partial charge is 0.322 e. The summed E-state index contributed by atoms with van der Waals surface area (Å²) in [5.41, 5.74) is -0.634. The van der Waals surface area contributed by atoms with Gasteiger partial charge in [-0.25, -0.2) is 17.6 Å². The number of carbonyl (C=O) groups excluding carboxylic acids is 3. The van der Waals surface area contributed by atoms with Crippen LogP contribution < -0.4 is 16.0 Å². The molecule has 31 heavy (non-hydrogen) atoms. The minimum absolute atomic E-state index is 0.00550. The van der Waals surface area contributed by atoms with E-state index in [1.807, 2.05) is 0 Å². The Morgan fingerprint density at radius 1 is 1.06 bits per heavy atom. The molecule has 1 spiro atoms. The molecule has 2 fully saturated rings. The van der Waals surface area contributed by atoms with Crippen molar-refractivity contribution in [1.29, 1.82) is 0 Å². The Labute approximate surface area is 177 Å². The number of nitrogens with one attached hydrogen (secondary N) is 3. The van der Waals surface area contributed by atoms with E-state index in [-0.39, 0.29) is 23.5 Å². The van der Waals surface area contributed by atoms with Gasteiger partial charge in [-0.3, -0.25) is 14.9 Å². The molecule has 1 unspecified atom stereocenters. The maximum Gasteiger partial charge on any atom is 0.322 e. The number of rotatable bonds is 4. The van der Waals surface area contributed by atoms with Gasteiger partial charge in [0.15, 0.2) is 0 Å². The van der Waals surface area contributed by atoms with E-state index in [9.17, 15) is 27.2 Å². The molecular formula is C20H19FN4O5S. The van der Waals surface area contributed by atoms with Crippen LogP contribution in [0.2, 0.25) is 0 Å². The summed E-state index contributed by atoms with van der Waals surface area (Å²) in [7, 11) is -3.92. The van der Waals surface area contributed by atoms with Gasteiger partial charge in [0.05, 0.1) is 4.90 Å². The van der Waals surface area contributed by atoms with Crippen molar-refractivity contribution in [3.63, 3.8) is 0 Å². The number of hydrogen-bond acceptors (Lipinski definition) is 5. The van der Waals surface area contributed by atoms with E-state index in [0.717, 1.165) is 0 Å². The molecule has 2 aliphatic rings. The van der Waals surface area contributed by atoms with Gasteiger partial charge in [0.1, 0.15) is 11.4 Å². The molecule has 3 N–H and O–H groups in total. The maximum absolute atomic E-state index is 13.1. The van der Waals surface area contributed by atoms with E-state index in [4.69, 9.17) is 0 Å². The highest BCUT2D eigenvalue weighted by atomic mass is 32.2. The SMILES string of the molecule is O=C1NC(=O)C2(CCCN(S(=O)(=O)c3ccc(NC(=O)c4ccc(F)cc4)cc3)C2)N1. The largest absolute Gasteiger partial charge is 0.322 e. The third-order valence-electron chi connectivity index (χ3n) is 5.33. The fraction of sp³-hybridized carbons (Fsp3) is 0.250. The molecule has 162 valence electrons. The summed E-state index contributed by atoms with van der Waals surface area (Å²) in [6, 6.07) is 9.98. The molecule has 11 heteroatoms. The number of imide groups is 1. The molecule has 0 aromatic heterocycles. The second-order valence-corrected chi connectivity index (χ2v) is 9.36. The van der Waals surface area contributed by atoms with E-state index in [2.05, 4.69) is 16.0 Å². The first-order chi connectivity index (χ1) is 14.7. The Hall–Kier alpha value is -3.31. The molecule has 9 nitrogen and oxygen atoms in total. The van der Waals surface area contributed by atoms with Crippen LogP contribution in [0.25, 0.3) is 0 Å². The first-order valence-corrected chi connectivity index (χ1v) is 10.9. The lowest BCUT2D eigenvalue weighted by atomic mass is 9.90. The fourth-order valence-corrected chi connectivity index (χ4v) is 5.24. The van der Waals surface area contributed by atoms with Crippen molar-refractivity contribution in [2.45, 2.75) is 23.3 Å². The average Bonchev–Trinajstić information content (AvgIpc) is 3.01. The molecule has 2 saturated heterocycles. The van der Waals surface area contributed by atoms with Gasteiger partial charge >= 0.3 is 6.03 Å². The molecule has 4 amide bonds. The number of urea groups is 1. The Morgan fingerprint density at radius 3 is 2.35 bits per heavy atom. The van der Waals surface area contributed by atoms with Crippen LogP contribution >= 0.6 is 0 Å². The summed E-state index contributed by atoms with van der Waals surface area (Å²) in [6.45, 7) is 0.0618. The molecule has 2 aromatic carbocycles. The summed E-state index contributed by atoms with van der Waals surface area (Å²) in [5, 5.41) is 7.32. The van der Waals surface area contributed by atoms with E-state index >= 15 is 0 Å². The van der Waals surface area contributed by atoms with E-state index in [1.165, 1.54) is 52.8 Å². The Balaban J connectivity index is 1.49. The van der Waals surface area contributed by atoms with Crippen molar-refractivity contribution in [2.24, 2.45) is 0 Å². The first-order valence-electron chi connectivity index (χ1n) is 9.50. The zero-order chi connectivity index (χ0) is 22.2. The van der Waals surface area contributed by atoms with Crippen molar-refractivity contribution in [1.82, 2.24) is 14.9 Å². The number of halogens is 1. The molecule has 0 radical (unpaired) electrons. The van der Waals surface area contributed by atoms with Crippen LogP contribution in [0.3, 0.4) is 0 Å². The Kier molecular flexibility index (Phi) is 5.23. The zero-order valence-corrected chi connectivity index (χ0v) is 17.0. The number of hydrogen-bond donors (Lipinski definition) is 3. The highest BCUT2D eigenvalue weighted by molar-refractivity contribution is 7.89. The monoisotopic (exact) mass is 446 g/mol. The summed E-state index contributed by atoms with van der Waals surface area (Å²) in [4.78, 5) is 35.9. The summed E-state index contributed by atoms with van der Waals surface area (Å²) in [5.74, 6) is -1.45. The summed E-state index contributed by atoms with van der Waals surface area (Å²) >= 11 is 0. The van der Waals surface area contributed by atoms with Gasteiger partial charge in [-0.1, -0.05) is 0 Å². The average molecular weight is 446 g/mol. The Morgan fingerprint density at radius 2 is 1.74 bits per heavy atom. The highest BCUT2D eigenvalue weighted by Crippen LogP contribution is 2.29. The van der Waals surface area contributed by atoms with Gasteiger partial charge < -0.3 is 10.6 Å². The first kappa shape index (κ1) is 20.9. The zero-order valence-electron chi connectivity index (χ0n) is 16.2. The number of piperidine rings is 1. The van der Waals surface area contributed by atoms with Gasteiger partial charge in [0, 0.05) is 24.3 Å². The van der Waals surface area contributed by atoms with Gasteiger partial charge in [-0.15, -0.1) is 0 Å². The quantitative estimate of drug-likeness (QED) is 0.613. The number of nitrogens with zero attached hydrogens (tertiary/aromatic N) is 1. The lowest BCUT2D eigenvalue weighted by Gasteiger charge is -2.37. The summed E-state index contributed by atoms with van der Waals surface area (Å²) in [6.07, 6.45) is 0.768. The van der Waals surface area contributed by atoms with Gasteiger partial charge in [-0.2, -0.15) is 4.31 Å². The van der Waals surface area contributed by atoms with Crippen LogP contribution in [0, 0.1) is 5.82 Å². The normalized spacial score (nSPS) is 21.6. The number of carbonyl (C=O) groups is 3. The van der Waals surface area contributed by atoms with E-state index in [0.29, 0.717) is 18.5 Å². The van der Waals surface area contributed by atoms with Crippen molar-refractivity contribution in [3.05, 3.63) is 59.9 Å². The second-order valence-electron chi connectivity index (χ2n) is 7.42. The lowest BCUT2D eigenvalue weighted by molar-refractivity contribution is -0.125. The molecule has 1 atom stereocenters. The summed E-state index contributed by atoms with van der Waals surface area (Å²) < 4.78 is 40.3. The highest BCUT2D eigenvalue weighted by Gasteiger charge is 2.50. The molecule has 0 bridgehead atoms. The van der Waals surface area contributed by atoms with Gasteiger partial charge in [0.25, 0.3) is 11.8 Å². The minimum atomic E-state index is -3.92. The maximum atomic E-state index is 13.1. The van der Waals surface area contributed by atoms with Crippen LogP contribution in [-0.4, -0.2) is 49.2 Å². The molecule has 0 saturated carbocycles. The van der Waals surface area contributed by atoms with Crippen LogP contribution in [0.15, 0.2) is 53.4 Å². The molecule has 2 aromatic rings. The van der Waals surface area contributed by atoms with Crippen molar-refractivity contribution >= 4 is 33.6 Å². The topological polar surface area (TPSA) is 125 Å². The molecule has 0 aliphatic carbocycles. The predicted molar refractivity (Wildman–Crippen MR) is 108 cm³/mol. The van der Waals surface area contributed by atoms with E-state index in [1.54, 1.807) is 0 Å². The van der Waals surface area contributed by atoms with Gasteiger partial charge in [0.2, 0.25) is 10.0 Å². The fourth-order valence-electron chi connectivity index (χ4n) is 3.70. The number of amides is 4. The Bertz CT molecular complexity index is 1150. The van der Waals surface area contributed by atoms with Crippen molar-refractivity contribution in [3.8, 4) is 0 Å². The standard InChI is InChI=1S/C20H19FN4O5S/c21-14-4-2-13(3-5-14)17(26)22-15-6-8-16(9-7-15)31(29,30)25-11-1-10-20(12-25)18(27)23-19(28)24-20/h2-9H,1,10-12H2,(H,22,26)(H2,23,24,27,28). The van der Waals surface area contributed by atoms with Gasteiger partial charge in [-0.05, 0) is 61.4 Å². The molecular weight excluding hydrogens is 427 g/mol. The predicted octanol–water partition coefficient (Wildman–Crippen LogP) is 1.44. The number of benzene rings is 2. The molecule has 2 aliphatic heterocycles. The van der Waals surface area contributed by atoms with Crippen LogP contribution in [-0.2, 0) is 14.8 Å². The van der Waals surface area contributed by atoms with Crippen LogP contribution in [0.4, 0.5) is 14.9 Å².